The molecule has 0 aliphatic carbocycles. The Labute approximate surface area is 168 Å². The van der Waals surface area contributed by atoms with E-state index in [1.165, 1.54) is 11.3 Å². The van der Waals surface area contributed by atoms with Crippen LogP contribution in [0.15, 0.2) is 29.6 Å². The van der Waals surface area contributed by atoms with Gasteiger partial charge in [-0.15, -0.1) is 11.3 Å². The van der Waals surface area contributed by atoms with E-state index in [-0.39, 0.29) is 24.5 Å². The van der Waals surface area contributed by atoms with Crippen LogP contribution in [0.2, 0.25) is 5.02 Å². The minimum atomic E-state index is -0.0386. The summed E-state index contributed by atoms with van der Waals surface area (Å²) >= 11 is 7.59. The lowest BCUT2D eigenvalue weighted by Gasteiger charge is -2.32. The number of benzene rings is 1. The van der Waals surface area contributed by atoms with Crippen molar-refractivity contribution in [3.05, 3.63) is 50.7 Å². The first kappa shape index (κ1) is 19.7. The first-order valence-corrected chi connectivity index (χ1v) is 10.2. The number of likely N-dealkylation sites (tertiary alicyclic amines) is 1. The number of piperidine rings is 1. The SMILES string of the molecule is Cc1cc(OCC(=O)N2CCC(NC(=O)c3cccs3)CC2)cc(C)c1Cl. The Bertz CT molecular complexity index is 792. The van der Waals surface area contributed by atoms with E-state index in [0.29, 0.717) is 18.8 Å². The molecule has 144 valence electrons. The molecular formula is C20H23ClN2O3S. The molecule has 0 bridgehead atoms. The highest BCUT2D eigenvalue weighted by Crippen LogP contribution is 2.26. The van der Waals surface area contributed by atoms with Crippen molar-refractivity contribution < 1.29 is 14.3 Å². The predicted octanol–water partition coefficient (Wildman–Crippen LogP) is 3.82. The number of hydrogen-bond donors (Lipinski definition) is 1. The van der Waals surface area contributed by atoms with Gasteiger partial charge in [-0.25, -0.2) is 0 Å². The summed E-state index contributed by atoms with van der Waals surface area (Å²) in [5.74, 6) is 0.579. The van der Waals surface area contributed by atoms with Gasteiger partial charge in [-0.3, -0.25) is 9.59 Å². The number of amides is 2. The van der Waals surface area contributed by atoms with Crippen LogP contribution in [0.4, 0.5) is 0 Å². The van der Waals surface area contributed by atoms with E-state index in [9.17, 15) is 9.59 Å². The Morgan fingerprint density at radius 3 is 2.52 bits per heavy atom. The summed E-state index contributed by atoms with van der Waals surface area (Å²) in [6, 6.07) is 7.47. The minimum absolute atomic E-state index is 0.00668. The summed E-state index contributed by atoms with van der Waals surface area (Å²) in [4.78, 5) is 27.0. The molecule has 0 atom stereocenters. The maximum atomic E-state index is 12.4. The zero-order valence-electron chi connectivity index (χ0n) is 15.5. The molecule has 2 aromatic rings. The lowest BCUT2D eigenvalue weighted by atomic mass is 10.0. The Hall–Kier alpha value is -2.05. The van der Waals surface area contributed by atoms with E-state index in [1.54, 1.807) is 4.90 Å². The highest BCUT2D eigenvalue weighted by molar-refractivity contribution is 7.12. The van der Waals surface area contributed by atoms with E-state index in [4.69, 9.17) is 16.3 Å². The normalized spacial score (nSPS) is 14.9. The van der Waals surface area contributed by atoms with Crippen molar-refractivity contribution in [2.45, 2.75) is 32.7 Å². The fourth-order valence-electron chi connectivity index (χ4n) is 3.16. The van der Waals surface area contributed by atoms with E-state index in [1.807, 2.05) is 43.5 Å². The van der Waals surface area contributed by atoms with E-state index < -0.39 is 0 Å². The first-order valence-electron chi connectivity index (χ1n) is 8.95. The average Bonchev–Trinajstić information content (AvgIpc) is 3.19. The zero-order valence-corrected chi connectivity index (χ0v) is 17.0. The molecule has 2 amide bonds. The second-order valence-corrected chi connectivity index (χ2v) is 8.09. The summed E-state index contributed by atoms with van der Waals surface area (Å²) < 4.78 is 5.66. The number of rotatable bonds is 5. The van der Waals surface area contributed by atoms with Gasteiger partial charge in [0.1, 0.15) is 5.75 Å². The van der Waals surface area contributed by atoms with Gasteiger partial charge in [0.2, 0.25) is 0 Å². The topological polar surface area (TPSA) is 58.6 Å². The van der Waals surface area contributed by atoms with Crippen molar-refractivity contribution in [1.29, 1.82) is 0 Å². The number of nitrogens with one attached hydrogen (secondary N) is 1. The van der Waals surface area contributed by atoms with Crippen molar-refractivity contribution in [2.24, 2.45) is 0 Å². The molecule has 3 rings (SSSR count). The van der Waals surface area contributed by atoms with Gasteiger partial charge < -0.3 is 15.0 Å². The van der Waals surface area contributed by atoms with Crippen LogP contribution in [-0.4, -0.2) is 42.5 Å². The molecule has 5 nitrogen and oxygen atoms in total. The monoisotopic (exact) mass is 406 g/mol. The fraction of sp³-hybridized carbons (Fsp3) is 0.400. The number of thiophene rings is 1. The second-order valence-electron chi connectivity index (χ2n) is 6.77. The molecule has 2 heterocycles. The summed E-state index contributed by atoms with van der Waals surface area (Å²) in [5.41, 5.74) is 1.86. The third-order valence-corrected chi connectivity index (χ3v) is 6.16. The molecule has 0 spiro atoms. The van der Waals surface area contributed by atoms with Crippen LogP contribution in [-0.2, 0) is 4.79 Å². The van der Waals surface area contributed by atoms with Crippen molar-refractivity contribution >= 4 is 34.8 Å². The smallest absolute Gasteiger partial charge is 0.261 e. The molecule has 1 saturated heterocycles. The van der Waals surface area contributed by atoms with Crippen LogP contribution >= 0.6 is 22.9 Å². The molecule has 1 aliphatic heterocycles. The Kier molecular flexibility index (Phi) is 6.39. The maximum Gasteiger partial charge on any atom is 0.261 e. The van der Waals surface area contributed by atoms with Crippen molar-refractivity contribution in [3.63, 3.8) is 0 Å². The third kappa shape index (κ3) is 5.02. The van der Waals surface area contributed by atoms with Gasteiger partial charge in [0.05, 0.1) is 4.88 Å². The van der Waals surface area contributed by atoms with Crippen LogP contribution < -0.4 is 10.1 Å². The maximum absolute atomic E-state index is 12.4. The van der Waals surface area contributed by atoms with Crippen LogP contribution in [0.3, 0.4) is 0 Å². The van der Waals surface area contributed by atoms with Crippen molar-refractivity contribution in [1.82, 2.24) is 10.2 Å². The molecule has 0 unspecified atom stereocenters. The van der Waals surface area contributed by atoms with Gasteiger partial charge in [0.25, 0.3) is 11.8 Å². The van der Waals surface area contributed by atoms with Gasteiger partial charge in [-0.1, -0.05) is 17.7 Å². The molecule has 27 heavy (non-hydrogen) atoms. The average molecular weight is 407 g/mol. The molecule has 1 aromatic heterocycles. The van der Waals surface area contributed by atoms with Gasteiger partial charge in [0.15, 0.2) is 6.61 Å². The van der Waals surface area contributed by atoms with E-state index in [2.05, 4.69) is 5.32 Å². The lowest BCUT2D eigenvalue weighted by molar-refractivity contribution is -0.134. The zero-order chi connectivity index (χ0) is 19.4. The van der Waals surface area contributed by atoms with Gasteiger partial charge in [-0.05, 0) is 61.4 Å². The molecule has 1 aliphatic rings. The summed E-state index contributed by atoms with van der Waals surface area (Å²) in [7, 11) is 0. The largest absolute Gasteiger partial charge is 0.484 e. The second kappa shape index (κ2) is 8.76. The van der Waals surface area contributed by atoms with Crippen molar-refractivity contribution in [3.8, 4) is 5.75 Å². The van der Waals surface area contributed by atoms with Gasteiger partial charge >= 0.3 is 0 Å². The highest BCUT2D eigenvalue weighted by atomic mass is 35.5. The number of halogens is 1. The van der Waals surface area contributed by atoms with Crippen LogP contribution in [0.5, 0.6) is 5.75 Å². The molecule has 1 N–H and O–H groups in total. The molecule has 0 saturated carbocycles. The third-order valence-electron chi connectivity index (χ3n) is 4.70. The molecule has 7 heteroatoms. The van der Waals surface area contributed by atoms with Crippen molar-refractivity contribution in [2.75, 3.05) is 19.7 Å². The Morgan fingerprint density at radius 1 is 1.26 bits per heavy atom. The quantitative estimate of drug-likeness (QED) is 0.821. The number of aryl methyl sites for hydroxylation is 2. The van der Waals surface area contributed by atoms with Gasteiger partial charge in [-0.2, -0.15) is 0 Å². The van der Waals surface area contributed by atoms with Crippen LogP contribution in [0.1, 0.15) is 33.6 Å². The molecule has 1 aromatic carbocycles. The number of carbonyl (C=O) groups is 2. The summed E-state index contributed by atoms with van der Waals surface area (Å²) in [5, 5.41) is 5.66. The van der Waals surface area contributed by atoms with Crippen LogP contribution in [0.25, 0.3) is 0 Å². The first-order chi connectivity index (χ1) is 12.9. The molecule has 1 fully saturated rings. The molecule has 0 radical (unpaired) electrons. The highest BCUT2D eigenvalue weighted by Gasteiger charge is 2.24. The number of ether oxygens (including phenoxy) is 1. The summed E-state index contributed by atoms with van der Waals surface area (Å²) in [6.45, 7) is 5.08. The van der Waals surface area contributed by atoms with Crippen LogP contribution in [0, 0.1) is 13.8 Å². The molecular weight excluding hydrogens is 384 g/mol. The van der Waals surface area contributed by atoms with E-state index >= 15 is 0 Å². The summed E-state index contributed by atoms with van der Waals surface area (Å²) in [6.07, 6.45) is 1.50. The lowest BCUT2D eigenvalue weighted by Crippen LogP contribution is -2.47. The minimum Gasteiger partial charge on any atom is -0.484 e. The Balaban J connectivity index is 1.45. The predicted molar refractivity (Wildman–Crippen MR) is 108 cm³/mol. The Morgan fingerprint density at radius 2 is 1.93 bits per heavy atom. The van der Waals surface area contributed by atoms with Gasteiger partial charge in [0, 0.05) is 24.2 Å². The number of nitrogens with zero attached hydrogens (tertiary/aromatic N) is 1. The number of hydrogen-bond acceptors (Lipinski definition) is 4. The van der Waals surface area contributed by atoms with E-state index in [0.717, 1.165) is 33.9 Å². The number of carbonyl (C=O) groups excluding carboxylic acids is 2. The standard InChI is InChI=1S/C20H23ClN2O3S/c1-13-10-16(11-14(2)19(13)21)26-12-18(24)23-7-5-15(6-8-23)22-20(25)17-4-3-9-27-17/h3-4,9-11,15H,5-8,12H2,1-2H3,(H,22,25). The fourth-order valence-corrected chi connectivity index (χ4v) is 3.90.